The Balaban J connectivity index is 0.00000320. The zero-order valence-corrected chi connectivity index (χ0v) is 18.0. The molecule has 1 atom stereocenters. The maximum absolute atomic E-state index is 12.1. The lowest BCUT2D eigenvalue weighted by molar-refractivity contribution is -0.114. The summed E-state index contributed by atoms with van der Waals surface area (Å²) >= 11 is 0. The van der Waals surface area contributed by atoms with E-state index in [0.29, 0.717) is 11.7 Å². The van der Waals surface area contributed by atoms with E-state index in [2.05, 4.69) is 51.7 Å². The second kappa shape index (κ2) is 10.8. The third-order valence-electron chi connectivity index (χ3n) is 5.36. The highest BCUT2D eigenvalue weighted by atomic mass is 35.5. The van der Waals surface area contributed by atoms with Crippen LogP contribution in [0.25, 0.3) is 0 Å². The Kier molecular flexibility index (Phi) is 8.50. The highest BCUT2D eigenvalue weighted by Gasteiger charge is 2.24. The van der Waals surface area contributed by atoms with Crippen LogP contribution >= 0.6 is 12.4 Å². The molecule has 1 unspecified atom stereocenters. The Morgan fingerprint density at radius 3 is 2.70 bits per heavy atom. The molecule has 1 aliphatic rings. The first-order valence-electron chi connectivity index (χ1n) is 9.74. The molecule has 8 heteroatoms. The smallest absolute Gasteiger partial charge is 0.281 e. The number of ketones is 1. The number of hydrogen-bond acceptors (Lipinski definition) is 6. The van der Waals surface area contributed by atoms with Crippen molar-refractivity contribution in [2.45, 2.75) is 38.6 Å². The van der Waals surface area contributed by atoms with Gasteiger partial charge in [0.25, 0.3) is 5.91 Å². The van der Waals surface area contributed by atoms with Crippen LogP contribution in [-0.4, -0.2) is 52.1 Å². The number of nitrogens with zero attached hydrogens (tertiary/aromatic N) is 3. The number of hydrogen-bond donors (Lipinski definition) is 2. The molecule has 1 aromatic carbocycles. The topological polar surface area (TPSA) is 94.9 Å². The number of carbonyl (C=O) groups excluding carboxylic acids is 2. The average Bonchev–Trinajstić information content (AvgIpc) is 2.72. The summed E-state index contributed by atoms with van der Waals surface area (Å²) in [6.45, 7) is 2.15. The van der Waals surface area contributed by atoms with Gasteiger partial charge in [-0.3, -0.25) is 14.6 Å². The Hall–Kier alpha value is -2.77. The number of halogens is 1. The molecule has 160 valence electrons. The molecular formula is C22H27ClN4O3. The van der Waals surface area contributed by atoms with Gasteiger partial charge in [-0.05, 0) is 49.9 Å². The summed E-state index contributed by atoms with van der Waals surface area (Å²) in [6.07, 6.45) is 5.36. The Morgan fingerprint density at radius 1 is 1.30 bits per heavy atom. The van der Waals surface area contributed by atoms with Crippen LogP contribution in [0.1, 0.15) is 30.2 Å². The number of anilines is 1. The number of aryl methyl sites for hydroxylation is 1. The predicted molar refractivity (Wildman–Crippen MR) is 119 cm³/mol. The minimum absolute atomic E-state index is 0. The van der Waals surface area contributed by atoms with Crippen molar-refractivity contribution in [1.82, 2.24) is 9.88 Å². The number of benzene rings is 1. The van der Waals surface area contributed by atoms with Crippen molar-refractivity contribution in [2.24, 2.45) is 5.16 Å². The van der Waals surface area contributed by atoms with Crippen LogP contribution in [0.5, 0.6) is 0 Å². The quantitative estimate of drug-likeness (QED) is 0.305. The zero-order valence-electron chi connectivity index (χ0n) is 17.2. The maximum Gasteiger partial charge on any atom is 0.281 e. The second-order valence-corrected chi connectivity index (χ2v) is 7.40. The van der Waals surface area contributed by atoms with E-state index in [1.807, 2.05) is 12.1 Å². The molecule has 1 heterocycles. The first-order valence-corrected chi connectivity index (χ1v) is 9.74. The number of fused-ring (bicyclic) bond motifs is 1. The lowest BCUT2D eigenvalue weighted by Crippen LogP contribution is -2.38. The van der Waals surface area contributed by atoms with Gasteiger partial charge in [-0.2, -0.15) is 0 Å². The molecule has 0 saturated heterocycles. The first kappa shape index (κ1) is 23.5. The average molecular weight is 431 g/mol. The van der Waals surface area contributed by atoms with Crippen LogP contribution < -0.4 is 5.32 Å². The molecule has 0 fully saturated rings. The molecule has 30 heavy (non-hydrogen) atoms. The van der Waals surface area contributed by atoms with E-state index in [1.165, 1.54) is 12.5 Å². The number of aromatic nitrogens is 1. The third-order valence-corrected chi connectivity index (χ3v) is 5.36. The SMILES string of the molecule is CC(=O)C(=NO)C(=O)Nc1cnc2c(c1)CC(N(C)CCc1ccccc1)CC2.Cl. The van der Waals surface area contributed by atoms with Crippen molar-refractivity contribution in [1.29, 1.82) is 0 Å². The summed E-state index contributed by atoms with van der Waals surface area (Å²) in [7, 11) is 2.15. The lowest BCUT2D eigenvalue weighted by Gasteiger charge is -2.32. The molecule has 0 spiro atoms. The molecule has 0 aliphatic heterocycles. The standard InChI is InChI=1S/C22H26N4O3.ClH/c1-15(27)21(25-29)22(28)24-18-12-17-13-19(8-9-20(17)23-14-18)26(2)11-10-16-6-4-3-5-7-16;/h3-7,12,14,19,29H,8-11,13H2,1-2H3,(H,24,28);1H. The predicted octanol–water partition coefficient (Wildman–Crippen LogP) is 2.89. The van der Waals surface area contributed by atoms with E-state index < -0.39 is 17.4 Å². The summed E-state index contributed by atoms with van der Waals surface area (Å²) in [5.41, 5.74) is 3.42. The van der Waals surface area contributed by atoms with Crippen molar-refractivity contribution < 1.29 is 14.8 Å². The van der Waals surface area contributed by atoms with Gasteiger partial charge in [0.15, 0.2) is 5.78 Å². The van der Waals surface area contributed by atoms with Crippen molar-refractivity contribution >= 4 is 35.5 Å². The molecule has 0 saturated carbocycles. The number of amides is 1. The molecule has 1 aromatic heterocycles. The second-order valence-electron chi connectivity index (χ2n) is 7.40. The lowest BCUT2D eigenvalue weighted by atomic mass is 9.90. The maximum atomic E-state index is 12.1. The minimum Gasteiger partial charge on any atom is -0.410 e. The Bertz CT molecular complexity index is 918. The molecule has 0 bridgehead atoms. The highest BCUT2D eigenvalue weighted by Crippen LogP contribution is 2.25. The number of pyridine rings is 1. The summed E-state index contributed by atoms with van der Waals surface area (Å²) in [5, 5.41) is 14.2. The van der Waals surface area contributed by atoms with Gasteiger partial charge in [0.2, 0.25) is 5.71 Å². The minimum atomic E-state index is -0.742. The largest absolute Gasteiger partial charge is 0.410 e. The van der Waals surface area contributed by atoms with Gasteiger partial charge in [0.1, 0.15) is 0 Å². The monoisotopic (exact) mass is 430 g/mol. The van der Waals surface area contributed by atoms with Crippen molar-refractivity contribution in [2.75, 3.05) is 18.9 Å². The van der Waals surface area contributed by atoms with Gasteiger partial charge in [-0.15, -0.1) is 12.4 Å². The van der Waals surface area contributed by atoms with Crippen LogP contribution in [0, 0.1) is 0 Å². The number of nitrogens with one attached hydrogen (secondary N) is 1. The van der Waals surface area contributed by atoms with E-state index in [1.54, 1.807) is 6.20 Å². The number of likely N-dealkylation sites (N-methyl/N-ethyl adjacent to an activating group) is 1. The first-order chi connectivity index (χ1) is 14.0. The molecule has 3 rings (SSSR count). The van der Waals surface area contributed by atoms with Crippen LogP contribution in [0.3, 0.4) is 0 Å². The molecular weight excluding hydrogens is 404 g/mol. The fraction of sp³-hybridized carbons (Fsp3) is 0.364. The van der Waals surface area contributed by atoms with Crippen LogP contribution in [-0.2, 0) is 28.9 Å². The number of Topliss-reactive ketones (excluding diaryl/α,β-unsaturated/α-hetero) is 1. The highest BCUT2D eigenvalue weighted by molar-refractivity contribution is 6.67. The number of oxime groups is 1. The zero-order chi connectivity index (χ0) is 20.8. The van der Waals surface area contributed by atoms with E-state index in [4.69, 9.17) is 5.21 Å². The van der Waals surface area contributed by atoms with Gasteiger partial charge in [0, 0.05) is 25.2 Å². The van der Waals surface area contributed by atoms with Gasteiger partial charge in [-0.25, -0.2) is 0 Å². The van der Waals surface area contributed by atoms with Gasteiger partial charge in [-0.1, -0.05) is 35.5 Å². The summed E-state index contributed by atoms with van der Waals surface area (Å²) < 4.78 is 0. The summed E-state index contributed by atoms with van der Waals surface area (Å²) in [5.74, 6) is -1.34. The van der Waals surface area contributed by atoms with Gasteiger partial charge >= 0.3 is 0 Å². The Labute approximate surface area is 182 Å². The molecule has 0 radical (unpaired) electrons. The van der Waals surface area contributed by atoms with Crippen LogP contribution in [0.4, 0.5) is 5.69 Å². The number of carbonyl (C=O) groups is 2. The van der Waals surface area contributed by atoms with Gasteiger partial charge in [0.05, 0.1) is 11.9 Å². The molecule has 2 N–H and O–H groups in total. The van der Waals surface area contributed by atoms with Crippen LogP contribution in [0.2, 0.25) is 0 Å². The molecule has 1 aliphatic carbocycles. The summed E-state index contributed by atoms with van der Waals surface area (Å²) in [6, 6.07) is 12.7. The van der Waals surface area contributed by atoms with E-state index in [0.717, 1.165) is 43.5 Å². The number of rotatable bonds is 7. The fourth-order valence-electron chi connectivity index (χ4n) is 3.64. The summed E-state index contributed by atoms with van der Waals surface area (Å²) in [4.78, 5) is 30.3. The van der Waals surface area contributed by atoms with Crippen LogP contribution in [0.15, 0.2) is 47.8 Å². The van der Waals surface area contributed by atoms with E-state index >= 15 is 0 Å². The van der Waals surface area contributed by atoms with Crippen molar-refractivity contribution in [3.8, 4) is 0 Å². The van der Waals surface area contributed by atoms with E-state index in [-0.39, 0.29) is 12.4 Å². The molecule has 1 amide bonds. The molecule has 7 nitrogen and oxygen atoms in total. The Morgan fingerprint density at radius 2 is 2.03 bits per heavy atom. The normalized spacial score (nSPS) is 15.8. The fourth-order valence-corrected chi connectivity index (χ4v) is 3.64. The van der Waals surface area contributed by atoms with Crippen molar-refractivity contribution in [3.05, 3.63) is 59.4 Å². The van der Waals surface area contributed by atoms with Gasteiger partial charge < -0.3 is 15.4 Å². The van der Waals surface area contributed by atoms with E-state index in [9.17, 15) is 9.59 Å². The van der Waals surface area contributed by atoms with Crippen molar-refractivity contribution in [3.63, 3.8) is 0 Å². The third kappa shape index (κ3) is 5.87. The molecule has 2 aromatic rings.